The molecule has 3 heterocycles. The number of thiazole rings is 1. The van der Waals surface area contributed by atoms with Crippen molar-refractivity contribution in [1.82, 2.24) is 10.3 Å². The highest BCUT2D eigenvalue weighted by atomic mass is 32.2. The predicted octanol–water partition coefficient (Wildman–Crippen LogP) is 5.46. The Hall–Kier alpha value is -3.08. The molecule has 1 aromatic heterocycles. The highest BCUT2D eigenvalue weighted by Gasteiger charge is 2.56. The van der Waals surface area contributed by atoms with Crippen LogP contribution in [-0.2, 0) is 16.8 Å². The van der Waals surface area contributed by atoms with Crippen LogP contribution >= 0.6 is 23.1 Å². The van der Waals surface area contributed by atoms with E-state index in [4.69, 9.17) is 24.2 Å². The molecule has 1 saturated carbocycles. The van der Waals surface area contributed by atoms with Crippen molar-refractivity contribution in [2.24, 2.45) is 10.9 Å². The number of carbonyl (C=O) groups is 1. The van der Waals surface area contributed by atoms with Crippen molar-refractivity contribution in [3.05, 3.63) is 70.0 Å². The zero-order chi connectivity index (χ0) is 26.9. The van der Waals surface area contributed by atoms with Crippen molar-refractivity contribution in [2.75, 3.05) is 31.9 Å². The molecule has 2 unspecified atom stereocenters. The fourth-order valence-electron chi connectivity index (χ4n) is 5.54. The van der Waals surface area contributed by atoms with E-state index in [2.05, 4.69) is 10.6 Å². The predicted molar refractivity (Wildman–Crippen MR) is 155 cm³/mol. The number of ether oxygens (including phenoxy) is 3. The Bertz CT molecular complexity index is 1370. The molecule has 1 aliphatic carbocycles. The molecule has 10 heteroatoms. The molecule has 2 fully saturated rings. The second-order valence-electron chi connectivity index (χ2n) is 10.3. The number of anilines is 1. The number of hydrogen-bond donors (Lipinski definition) is 2. The summed E-state index contributed by atoms with van der Waals surface area (Å²) in [6.07, 6.45) is 4.41. The maximum Gasteiger partial charge on any atom is 0.257 e. The van der Waals surface area contributed by atoms with Crippen LogP contribution in [-0.4, -0.2) is 48.2 Å². The van der Waals surface area contributed by atoms with Gasteiger partial charge in [-0.1, -0.05) is 30.0 Å². The summed E-state index contributed by atoms with van der Waals surface area (Å²) in [6.45, 7) is 1.03. The normalized spacial score (nSPS) is 23.2. The lowest BCUT2D eigenvalue weighted by Crippen LogP contribution is -2.57. The number of rotatable bonds is 7. The average Bonchev–Trinajstić information content (AvgIpc) is 3.45. The quantitative estimate of drug-likeness (QED) is 0.394. The van der Waals surface area contributed by atoms with Crippen LogP contribution in [0.3, 0.4) is 0 Å². The van der Waals surface area contributed by atoms with Gasteiger partial charge < -0.3 is 24.8 Å². The van der Waals surface area contributed by atoms with Crippen molar-refractivity contribution in [3.8, 4) is 11.5 Å². The van der Waals surface area contributed by atoms with E-state index in [9.17, 15) is 4.79 Å². The second kappa shape index (κ2) is 10.8. The van der Waals surface area contributed by atoms with E-state index in [-0.39, 0.29) is 17.4 Å². The van der Waals surface area contributed by atoms with Gasteiger partial charge >= 0.3 is 0 Å². The van der Waals surface area contributed by atoms with E-state index in [0.29, 0.717) is 23.9 Å². The number of benzene rings is 2. The van der Waals surface area contributed by atoms with Crippen LogP contribution < -0.4 is 20.1 Å². The lowest BCUT2D eigenvalue weighted by atomic mass is 9.67. The SMILES string of the molecule is COc1ccc(CNc2csc(C34COC5(CCC5)CC3CSC(NC(=O)c3ccccc3)=N4)n2)c(OC)c1. The third-order valence-electron chi connectivity index (χ3n) is 7.96. The van der Waals surface area contributed by atoms with E-state index >= 15 is 0 Å². The Morgan fingerprint density at radius 2 is 2.00 bits per heavy atom. The molecule has 2 aromatic carbocycles. The molecule has 6 rings (SSSR count). The van der Waals surface area contributed by atoms with E-state index in [0.717, 1.165) is 52.9 Å². The van der Waals surface area contributed by atoms with Crippen molar-refractivity contribution >= 4 is 40.0 Å². The summed E-state index contributed by atoms with van der Waals surface area (Å²) in [5, 5.41) is 10.1. The zero-order valence-corrected chi connectivity index (χ0v) is 23.7. The average molecular weight is 565 g/mol. The summed E-state index contributed by atoms with van der Waals surface area (Å²) in [4.78, 5) is 23.1. The first-order valence-electron chi connectivity index (χ1n) is 13.2. The van der Waals surface area contributed by atoms with E-state index in [1.165, 1.54) is 6.42 Å². The number of aliphatic imine (C=N–C) groups is 1. The fraction of sp³-hybridized carbons (Fsp3) is 0.414. The maximum absolute atomic E-state index is 12.9. The molecule has 3 aliphatic rings. The molecule has 0 bridgehead atoms. The first-order valence-corrected chi connectivity index (χ1v) is 15.0. The highest BCUT2D eigenvalue weighted by Crippen LogP contribution is 2.54. The second-order valence-corrected chi connectivity index (χ2v) is 12.1. The van der Waals surface area contributed by atoms with Gasteiger partial charge in [0.1, 0.15) is 27.9 Å². The number of fused-ring (bicyclic) bond motifs is 1. The summed E-state index contributed by atoms with van der Waals surface area (Å²) >= 11 is 3.21. The van der Waals surface area contributed by atoms with E-state index in [1.807, 2.05) is 53.9 Å². The minimum Gasteiger partial charge on any atom is -0.497 e. The fourth-order valence-corrected chi connectivity index (χ4v) is 7.67. The van der Waals surface area contributed by atoms with Gasteiger partial charge in [-0.05, 0) is 49.9 Å². The van der Waals surface area contributed by atoms with Gasteiger partial charge in [0.2, 0.25) is 0 Å². The van der Waals surface area contributed by atoms with Crippen molar-refractivity contribution in [3.63, 3.8) is 0 Å². The van der Waals surface area contributed by atoms with Gasteiger partial charge in [-0.15, -0.1) is 11.3 Å². The number of aromatic nitrogens is 1. The first kappa shape index (κ1) is 26.2. The number of nitrogens with zero attached hydrogens (tertiary/aromatic N) is 2. The number of amides is 1. The molecule has 2 aliphatic heterocycles. The lowest BCUT2D eigenvalue weighted by molar-refractivity contribution is -0.169. The Kier molecular flexibility index (Phi) is 7.26. The van der Waals surface area contributed by atoms with Crippen LogP contribution in [0.5, 0.6) is 11.5 Å². The Labute approximate surface area is 236 Å². The molecule has 2 N–H and O–H groups in total. The molecular weight excluding hydrogens is 532 g/mol. The number of nitrogens with one attached hydrogen (secondary N) is 2. The van der Waals surface area contributed by atoms with Gasteiger partial charge in [-0.25, -0.2) is 9.98 Å². The molecule has 1 spiro atoms. The summed E-state index contributed by atoms with van der Waals surface area (Å²) in [7, 11) is 3.30. The Balaban J connectivity index is 1.25. The van der Waals surface area contributed by atoms with Crippen LogP contribution in [0.4, 0.5) is 5.82 Å². The van der Waals surface area contributed by atoms with Gasteiger partial charge in [-0.2, -0.15) is 0 Å². The number of amidine groups is 1. The van der Waals surface area contributed by atoms with Gasteiger partial charge in [0.15, 0.2) is 5.17 Å². The molecule has 3 aromatic rings. The van der Waals surface area contributed by atoms with Crippen LogP contribution in [0, 0.1) is 5.92 Å². The Morgan fingerprint density at radius 1 is 1.15 bits per heavy atom. The third-order valence-corrected chi connectivity index (χ3v) is 10.0. The number of methoxy groups -OCH3 is 2. The van der Waals surface area contributed by atoms with Crippen LogP contribution in [0.25, 0.3) is 0 Å². The number of hydrogen-bond acceptors (Lipinski definition) is 9. The van der Waals surface area contributed by atoms with Gasteiger partial charge in [0, 0.05) is 40.8 Å². The number of carbonyl (C=O) groups excluding carboxylic acids is 1. The van der Waals surface area contributed by atoms with Gasteiger partial charge in [0.25, 0.3) is 5.91 Å². The standard InChI is InChI=1S/C29H32N4O4S2/c1-35-22-10-9-20(23(13-22)36-2)15-30-24-17-38-26(31-24)29-18-37-28(11-6-12-28)14-21(29)16-39-27(33-29)32-25(34)19-7-4-3-5-8-19/h3-5,7-10,13,17,21,30H,6,11-12,14-16,18H2,1-2H3,(H,32,33,34). The lowest BCUT2D eigenvalue weighted by Gasteiger charge is -2.54. The zero-order valence-electron chi connectivity index (χ0n) is 22.1. The molecule has 0 radical (unpaired) electrons. The molecule has 8 nitrogen and oxygen atoms in total. The van der Waals surface area contributed by atoms with Gasteiger partial charge in [0.05, 0.1) is 26.4 Å². The Morgan fingerprint density at radius 3 is 2.74 bits per heavy atom. The van der Waals surface area contributed by atoms with Crippen LogP contribution in [0.15, 0.2) is 58.9 Å². The van der Waals surface area contributed by atoms with Gasteiger partial charge in [-0.3, -0.25) is 4.79 Å². The topological polar surface area (TPSA) is 94.1 Å². The van der Waals surface area contributed by atoms with Crippen molar-refractivity contribution in [1.29, 1.82) is 0 Å². The summed E-state index contributed by atoms with van der Waals surface area (Å²) < 4.78 is 17.4. The monoisotopic (exact) mass is 564 g/mol. The largest absolute Gasteiger partial charge is 0.497 e. The molecule has 204 valence electrons. The number of thioether (sulfide) groups is 1. The van der Waals surface area contributed by atoms with E-state index < -0.39 is 5.54 Å². The molecule has 39 heavy (non-hydrogen) atoms. The van der Waals surface area contributed by atoms with E-state index in [1.54, 1.807) is 37.3 Å². The molecular formula is C29H32N4O4S2. The first-order chi connectivity index (χ1) is 19.0. The van der Waals surface area contributed by atoms with Crippen molar-refractivity contribution < 1.29 is 19.0 Å². The summed E-state index contributed by atoms with van der Waals surface area (Å²) in [5.74, 6) is 3.29. The smallest absolute Gasteiger partial charge is 0.257 e. The minimum absolute atomic E-state index is 0.0156. The highest BCUT2D eigenvalue weighted by molar-refractivity contribution is 8.13. The molecule has 2 atom stereocenters. The van der Waals surface area contributed by atoms with Crippen molar-refractivity contribution in [2.45, 2.75) is 43.4 Å². The maximum atomic E-state index is 12.9. The third kappa shape index (κ3) is 5.13. The minimum atomic E-state index is -0.617. The molecule has 1 saturated heterocycles. The van der Waals surface area contributed by atoms with Crippen LogP contribution in [0.1, 0.15) is 46.6 Å². The summed E-state index contributed by atoms with van der Waals surface area (Å²) in [5.41, 5.74) is 0.987. The summed E-state index contributed by atoms with van der Waals surface area (Å²) in [6, 6.07) is 15.0. The van der Waals surface area contributed by atoms with Crippen LogP contribution in [0.2, 0.25) is 0 Å². The molecule has 1 amide bonds.